The van der Waals surface area contributed by atoms with E-state index in [0.717, 1.165) is 73.4 Å². The van der Waals surface area contributed by atoms with Crippen molar-refractivity contribution in [3.8, 4) is 17.0 Å². The molecule has 8 nitrogen and oxygen atoms in total. The monoisotopic (exact) mass is 656 g/mol. The number of nitrogens with zero attached hydrogens (tertiary/aromatic N) is 3. The van der Waals surface area contributed by atoms with Crippen LogP contribution in [0.3, 0.4) is 0 Å². The zero-order valence-corrected chi connectivity index (χ0v) is 32.3. The van der Waals surface area contributed by atoms with Gasteiger partial charge in [0, 0.05) is 29.1 Å². The fourth-order valence-electron chi connectivity index (χ4n) is 4.70. The molecule has 3 rings (SSSR count). The predicted octanol–water partition coefficient (Wildman–Crippen LogP) is 10.2. The first-order valence-corrected chi connectivity index (χ1v) is 17.7. The summed E-state index contributed by atoms with van der Waals surface area (Å²) in [7, 11) is 1.58. The van der Waals surface area contributed by atoms with E-state index in [9.17, 15) is 4.79 Å². The first-order chi connectivity index (χ1) is 22.2. The van der Waals surface area contributed by atoms with Crippen LogP contribution in [-0.2, 0) is 17.7 Å². The number of carbonyl (C=O) groups excluding carboxylic acids is 1. The first-order valence-electron chi connectivity index (χ1n) is 17.7. The molecular formula is C39H69N5O3. The number of anilines is 1. The van der Waals surface area contributed by atoms with Crippen LogP contribution in [0.2, 0.25) is 0 Å². The Morgan fingerprint density at radius 2 is 1.72 bits per heavy atom. The van der Waals surface area contributed by atoms with E-state index in [1.54, 1.807) is 13.2 Å². The fourth-order valence-corrected chi connectivity index (χ4v) is 4.70. The van der Waals surface area contributed by atoms with Gasteiger partial charge in [-0.25, -0.2) is 4.79 Å². The van der Waals surface area contributed by atoms with Gasteiger partial charge < -0.3 is 20.1 Å². The number of nitrogens with two attached hydrogens (primary N) is 1. The minimum absolute atomic E-state index is 0.529. The molecule has 8 heteroatoms. The third-order valence-corrected chi connectivity index (χ3v) is 7.58. The van der Waals surface area contributed by atoms with E-state index < -0.39 is 11.7 Å². The van der Waals surface area contributed by atoms with Gasteiger partial charge in [0.2, 0.25) is 0 Å². The summed E-state index contributed by atoms with van der Waals surface area (Å²) in [6.07, 6.45) is 8.87. The number of nitrogens with one attached hydrogen (secondary N) is 1. The Hall–Kier alpha value is -3.26. The van der Waals surface area contributed by atoms with Crippen LogP contribution in [0, 0.1) is 11.8 Å². The van der Waals surface area contributed by atoms with Crippen LogP contribution in [0.4, 0.5) is 10.5 Å². The molecule has 1 aliphatic rings. The number of piperidine rings is 1. The highest BCUT2D eigenvalue weighted by Crippen LogP contribution is 2.35. The highest BCUT2D eigenvalue weighted by atomic mass is 16.6. The molecule has 0 atom stereocenters. The summed E-state index contributed by atoms with van der Waals surface area (Å²) in [5, 5.41) is 7.87. The molecule has 1 aliphatic heterocycles. The number of allylic oxidation sites excluding steroid dienone is 2. The number of hydrogen-bond acceptors (Lipinski definition) is 6. The lowest BCUT2D eigenvalue weighted by molar-refractivity contribution is 0.0635. The van der Waals surface area contributed by atoms with Gasteiger partial charge in [0.15, 0.2) is 0 Å². The van der Waals surface area contributed by atoms with E-state index in [-0.39, 0.29) is 0 Å². The molecule has 0 unspecified atom stereocenters. The van der Waals surface area contributed by atoms with Gasteiger partial charge in [0.05, 0.1) is 19.3 Å². The molecule has 0 radical (unpaired) electrons. The van der Waals surface area contributed by atoms with Crippen molar-refractivity contribution in [3.05, 3.63) is 48.2 Å². The fraction of sp³-hybridized carbons (Fsp3) is 0.641. The number of hydrogen-bond donors (Lipinski definition) is 2. The molecule has 0 saturated carbocycles. The van der Waals surface area contributed by atoms with Gasteiger partial charge in [-0.3, -0.25) is 10.00 Å². The average Bonchev–Trinajstić information content (AvgIpc) is 3.39. The Kier molecular flexibility index (Phi) is 21.5. The molecular weight excluding hydrogens is 586 g/mol. The molecule has 1 saturated heterocycles. The van der Waals surface area contributed by atoms with Crippen LogP contribution < -0.4 is 15.8 Å². The standard InChI is InChI=1S/C29H45N5O3.C5H12.C3H6.C2H6/c1-8-10-24-26(22(30)9-2)27(32-34(24)18-17-33-15-13-20(3)14-16-33)21-11-12-23(25(19-21)36-7)31-28(35)37-29(4,5)6;1-4-5(2)3;1-3-2;1-2/h9,11-12,19-20H,8,10,13-18,30H2,1-7H3,(H,31,35);5H,4H2,1-3H3;3H,1H2,2H3;1-2H3/b22-9+;;;. The summed E-state index contributed by atoms with van der Waals surface area (Å²) in [6, 6.07) is 5.66. The van der Waals surface area contributed by atoms with Gasteiger partial charge in [-0.05, 0) is 90.9 Å². The second-order valence-electron chi connectivity index (χ2n) is 13.2. The largest absolute Gasteiger partial charge is 0.495 e. The summed E-state index contributed by atoms with van der Waals surface area (Å²) in [5.74, 6) is 2.23. The molecule has 1 fully saturated rings. The maximum absolute atomic E-state index is 12.3. The number of benzene rings is 1. The molecule has 3 N–H and O–H groups in total. The number of aromatic nitrogens is 2. The van der Waals surface area contributed by atoms with Gasteiger partial charge in [-0.15, -0.1) is 6.58 Å². The number of methoxy groups -OCH3 is 1. The van der Waals surface area contributed by atoms with Gasteiger partial charge in [0.25, 0.3) is 0 Å². The molecule has 1 amide bonds. The molecule has 0 spiro atoms. The number of carbonyl (C=O) groups is 1. The van der Waals surface area contributed by atoms with Crippen molar-refractivity contribution in [1.82, 2.24) is 14.7 Å². The number of rotatable bonds is 10. The Bertz CT molecular complexity index is 1200. The molecule has 0 aliphatic carbocycles. The van der Waals surface area contributed by atoms with Crippen molar-refractivity contribution in [2.24, 2.45) is 17.6 Å². The SMILES string of the molecule is C/C=C(/N)c1c(-c2ccc(NC(=O)OC(C)(C)C)c(OC)c2)nn(CCN2CCC(C)CC2)c1CCC.C=CC.CC.CCC(C)C. The lowest BCUT2D eigenvalue weighted by atomic mass is 9.99. The van der Waals surface area contributed by atoms with Crippen molar-refractivity contribution in [2.75, 3.05) is 32.1 Å². The van der Waals surface area contributed by atoms with Crippen molar-refractivity contribution in [2.45, 2.75) is 127 Å². The maximum atomic E-state index is 12.3. The summed E-state index contributed by atoms with van der Waals surface area (Å²) in [5.41, 5.74) is 11.1. The lowest BCUT2D eigenvalue weighted by Gasteiger charge is -2.30. The van der Waals surface area contributed by atoms with Gasteiger partial charge in [-0.1, -0.05) is 79.5 Å². The van der Waals surface area contributed by atoms with Crippen LogP contribution >= 0.6 is 0 Å². The predicted molar refractivity (Wildman–Crippen MR) is 203 cm³/mol. The number of likely N-dealkylation sites (tertiary alicyclic amines) is 1. The Labute approximate surface area is 288 Å². The Morgan fingerprint density at radius 3 is 2.19 bits per heavy atom. The summed E-state index contributed by atoms with van der Waals surface area (Å²) < 4.78 is 13.2. The van der Waals surface area contributed by atoms with E-state index in [2.05, 4.69) is 56.1 Å². The minimum atomic E-state index is -0.592. The van der Waals surface area contributed by atoms with Gasteiger partial charge in [-0.2, -0.15) is 5.10 Å². The minimum Gasteiger partial charge on any atom is -0.495 e. The third-order valence-electron chi connectivity index (χ3n) is 7.58. The van der Waals surface area contributed by atoms with Gasteiger partial charge >= 0.3 is 6.09 Å². The van der Waals surface area contributed by atoms with E-state index in [4.69, 9.17) is 20.3 Å². The smallest absolute Gasteiger partial charge is 0.412 e. The number of ether oxygens (including phenoxy) is 2. The summed E-state index contributed by atoms with van der Waals surface area (Å²) >= 11 is 0. The van der Waals surface area contributed by atoms with Gasteiger partial charge in [0.1, 0.15) is 17.0 Å². The van der Waals surface area contributed by atoms with E-state index in [0.29, 0.717) is 17.1 Å². The van der Waals surface area contributed by atoms with Crippen LogP contribution in [-0.4, -0.2) is 53.1 Å². The van der Waals surface area contributed by atoms with Crippen LogP contribution in [0.25, 0.3) is 17.0 Å². The van der Waals surface area contributed by atoms with Crippen LogP contribution in [0.5, 0.6) is 5.75 Å². The van der Waals surface area contributed by atoms with Crippen LogP contribution in [0.15, 0.2) is 36.9 Å². The zero-order chi connectivity index (χ0) is 36.2. The molecule has 268 valence electrons. The molecule has 2 heterocycles. The summed E-state index contributed by atoms with van der Waals surface area (Å²) in [6.45, 7) is 31.9. The van der Waals surface area contributed by atoms with Crippen molar-refractivity contribution in [1.29, 1.82) is 0 Å². The topological polar surface area (TPSA) is 94.6 Å². The Balaban J connectivity index is 0.00000187. The molecule has 0 bridgehead atoms. The normalized spacial score (nSPS) is 13.7. The van der Waals surface area contributed by atoms with E-state index >= 15 is 0 Å². The summed E-state index contributed by atoms with van der Waals surface area (Å²) in [4.78, 5) is 14.9. The highest BCUT2D eigenvalue weighted by Gasteiger charge is 2.23. The van der Waals surface area contributed by atoms with E-state index in [1.807, 2.05) is 72.7 Å². The first kappa shape index (κ1) is 43.7. The molecule has 1 aromatic heterocycles. The Morgan fingerprint density at radius 1 is 1.15 bits per heavy atom. The number of amides is 1. The zero-order valence-electron chi connectivity index (χ0n) is 32.3. The van der Waals surface area contributed by atoms with Crippen LogP contribution in [0.1, 0.15) is 120 Å². The van der Waals surface area contributed by atoms with Crippen molar-refractivity contribution >= 4 is 17.5 Å². The quantitative estimate of drug-likeness (QED) is 0.247. The average molecular weight is 656 g/mol. The highest BCUT2D eigenvalue weighted by molar-refractivity contribution is 5.88. The lowest BCUT2D eigenvalue weighted by Crippen LogP contribution is -2.35. The van der Waals surface area contributed by atoms with Crippen molar-refractivity contribution in [3.63, 3.8) is 0 Å². The molecule has 2 aromatic rings. The third kappa shape index (κ3) is 15.9. The second-order valence-corrected chi connectivity index (χ2v) is 13.2. The van der Waals surface area contributed by atoms with Crippen molar-refractivity contribution < 1.29 is 14.3 Å². The molecule has 47 heavy (non-hydrogen) atoms. The van der Waals surface area contributed by atoms with E-state index in [1.165, 1.54) is 19.3 Å². The second kappa shape index (κ2) is 23.1. The maximum Gasteiger partial charge on any atom is 0.412 e. The molecule has 1 aromatic carbocycles.